The van der Waals surface area contributed by atoms with Gasteiger partial charge in [0.15, 0.2) is 0 Å². The van der Waals surface area contributed by atoms with E-state index in [1.807, 2.05) is 13.8 Å². The molecule has 0 unspecified atom stereocenters. The van der Waals surface area contributed by atoms with Crippen molar-refractivity contribution in [3.63, 3.8) is 0 Å². The van der Waals surface area contributed by atoms with Crippen LogP contribution in [0.1, 0.15) is 46.0 Å². The number of nitrogens with two attached hydrogens (primary N) is 1. The molecule has 0 radical (unpaired) electrons. The van der Waals surface area contributed by atoms with Gasteiger partial charge in [0.25, 0.3) is 0 Å². The van der Waals surface area contributed by atoms with Gasteiger partial charge in [0.2, 0.25) is 5.91 Å². The average Bonchev–Trinajstić information content (AvgIpc) is 2.59. The molecule has 1 saturated heterocycles. The maximum absolute atomic E-state index is 12.7. The number of aliphatic hydroxyl groups excluding tert-OH is 4. The molecule has 6 N–H and O–H groups in total. The molecule has 0 aliphatic carbocycles. The normalized spacial score (nSPS) is 28.9. The van der Waals surface area contributed by atoms with Crippen molar-refractivity contribution in [3.05, 3.63) is 0 Å². The lowest BCUT2D eigenvalue weighted by atomic mass is 10.00. The standard InChI is InChI=1S/C18H36N2O6/c1-12(2)9-13(19)18(25)20-7-5-3-4-6-8-26-17(15(23)11-21)16(24)14(22)10-20/h12-17,21-24H,3-11,19H2,1-2H3/t13-,14-,15-,16-,17-/m1/s1. The molecule has 1 aliphatic heterocycles. The largest absolute Gasteiger partial charge is 0.394 e. The number of ether oxygens (including phenoxy) is 1. The maximum atomic E-state index is 12.7. The van der Waals surface area contributed by atoms with E-state index < -0.39 is 37.1 Å². The van der Waals surface area contributed by atoms with E-state index in [0.29, 0.717) is 19.6 Å². The smallest absolute Gasteiger partial charge is 0.239 e. The molecule has 0 spiro atoms. The average molecular weight is 376 g/mol. The number of carbonyl (C=O) groups is 1. The van der Waals surface area contributed by atoms with Crippen molar-refractivity contribution in [2.24, 2.45) is 11.7 Å². The molecule has 0 aromatic rings. The summed E-state index contributed by atoms with van der Waals surface area (Å²) >= 11 is 0. The van der Waals surface area contributed by atoms with E-state index in [-0.39, 0.29) is 18.4 Å². The summed E-state index contributed by atoms with van der Waals surface area (Å²) in [6.45, 7) is 4.08. The fraction of sp³-hybridized carbons (Fsp3) is 0.944. The Hall–Kier alpha value is -0.770. The number of aliphatic hydroxyl groups is 4. The topological polar surface area (TPSA) is 136 Å². The van der Waals surface area contributed by atoms with Crippen LogP contribution >= 0.6 is 0 Å². The highest BCUT2D eigenvalue weighted by Gasteiger charge is 2.35. The second-order valence-electron chi connectivity index (χ2n) is 7.58. The summed E-state index contributed by atoms with van der Waals surface area (Å²) in [5, 5.41) is 39.9. The molecule has 1 rings (SSSR count). The van der Waals surface area contributed by atoms with Crippen molar-refractivity contribution in [1.29, 1.82) is 0 Å². The molecule has 0 bridgehead atoms. The van der Waals surface area contributed by atoms with Gasteiger partial charge >= 0.3 is 0 Å². The number of amides is 1. The second kappa shape index (κ2) is 11.8. The molecule has 8 nitrogen and oxygen atoms in total. The Morgan fingerprint density at radius 3 is 2.50 bits per heavy atom. The third kappa shape index (κ3) is 7.46. The van der Waals surface area contributed by atoms with E-state index in [4.69, 9.17) is 10.5 Å². The number of hydrogen-bond donors (Lipinski definition) is 5. The SMILES string of the molecule is CC(C)C[C@@H](N)C(=O)N1CCCCCCO[C@H]([C@H](O)CO)[C@H](O)[C@H](O)C1. The maximum Gasteiger partial charge on any atom is 0.239 e. The first kappa shape index (κ1) is 23.3. The summed E-state index contributed by atoms with van der Waals surface area (Å²) in [7, 11) is 0. The van der Waals surface area contributed by atoms with Crippen molar-refractivity contribution < 1.29 is 30.0 Å². The molecule has 0 aromatic heterocycles. The molecule has 1 amide bonds. The predicted molar refractivity (Wildman–Crippen MR) is 97.3 cm³/mol. The molecular formula is C18H36N2O6. The highest BCUT2D eigenvalue weighted by atomic mass is 16.5. The van der Waals surface area contributed by atoms with Crippen LogP contribution in [-0.2, 0) is 9.53 Å². The first-order valence-electron chi connectivity index (χ1n) is 9.59. The molecule has 26 heavy (non-hydrogen) atoms. The lowest BCUT2D eigenvalue weighted by molar-refractivity contribution is -0.152. The zero-order valence-electron chi connectivity index (χ0n) is 16.0. The van der Waals surface area contributed by atoms with Gasteiger partial charge in [-0.2, -0.15) is 0 Å². The van der Waals surface area contributed by atoms with Crippen molar-refractivity contribution in [2.75, 3.05) is 26.3 Å². The molecule has 8 heteroatoms. The molecule has 0 saturated carbocycles. The summed E-state index contributed by atoms with van der Waals surface area (Å²) in [5.74, 6) is 0.0246. The summed E-state index contributed by atoms with van der Waals surface area (Å²) in [6.07, 6.45) is -1.30. The van der Waals surface area contributed by atoms with Gasteiger partial charge in [-0.1, -0.05) is 26.7 Å². The fourth-order valence-corrected chi connectivity index (χ4v) is 3.21. The third-order valence-electron chi connectivity index (χ3n) is 4.69. The van der Waals surface area contributed by atoms with E-state index in [1.54, 1.807) is 0 Å². The first-order valence-corrected chi connectivity index (χ1v) is 9.59. The van der Waals surface area contributed by atoms with Crippen molar-refractivity contribution >= 4 is 5.91 Å². The highest BCUT2D eigenvalue weighted by molar-refractivity contribution is 5.81. The number of rotatable bonds is 5. The van der Waals surface area contributed by atoms with Crippen LogP contribution in [0.25, 0.3) is 0 Å². The van der Waals surface area contributed by atoms with Gasteiger partial charge < -0.3 is 35.8 Å². The van der Waals surface area contributed by atoms with E-state index in [0.717, 1.165) is 25.7 Å². The van der Waals surface area contributed by atoms with Gasteiger partial charge in [-0.25, -0.2) is 0 Å². The Bertz CT molecular complexity index is 409. The molecule has 1 heterocycles. The number of nitrogens with zero attached hydrogens (tertiary/aromatic N) is 1. The lowest BCUT2D eigenvalue weighted by Crippen LogP contribution is -2.54. The van der Waals surface area contributed by atoms with Crippen LogP contribution in [0, 0.1) is 5.92 Å². The van der Waals surface area contributed by atoms with Crippen LogP contribution in [0.5, 0.6) is 0 Å². The zero-order chi connectivity index (χ0) is 19.7. The Kier molecular flexibility index (Phi) is 10.6. The summed E-state index contributed by atoms with van der Waals surface area (Å²) in [5.41, 5.74) is 6.01. The Morgan fingerprint density at radius 1 is 1.23 bits per heavy atom. The minimum Gasteiger partial charge on any atom is -0.394 e. The number of hydrogen-bond acceptors (Lipinski definition) is 7. The Labute approximate surface area is 155 Å². The van der Waals surface area contributed by atoms with Crippen molar-refractivity contribution in [1.82, 2.24) is 4.90 Å². The van der Waals surface area contributed by atoms with Gasteiger partial charge in [-0.15, -0.1) is 0 Å². The van der Waals surface area contributed by atoms with E-state index >= 15 is 0 Å². The van der Waals surface area contributed by atoms with Gasteiger partial charge in [0.05, 0.1) is 12.6 Å². The fourth-order valence-electron chi connectivity index (χ4n) is 3.21. The van der Waals surface area contributed by atoms with Crippen LogP contribution in [0.15, 0.2) is 0 Å². The van der Waals surface area contributed by atoms with Crippen LogP contribution in [0.4, 0.5) is 0 Å². The lowest BCUT2D eigenvalue weighted by Gasteiger charge is -2.34. The molecule has 5 atom stereocenters. The van der Waals surface area contributed by atoms with Gasteiger partial charge in [-0.05, 0) is 25.2 Å². The minimum atomic E-state index is -1.42. The van der Waals surface area contributed by atoms with Gasteiger partial charge in [0.1, 0.15) is 24.4 Å². The van der Waals surface area contributed by atoms with E-state index in [9.17, 15) is 25.2 Å². The van der Waals surface area contributed by atoms with Gasteiger partial charge in [-0.3, -0.25) is 4.79 Å². The molecule has 1 fully saturated rings. The van der Waals surface area contributed by atoms with Crippen LogP contribution in [0.2, 0.25) is 0 Å². The minimum absolute atomic E-state index is 0.0934. The van der Waals surface area contributed by atoms with Crippen LogP contribution in [-0.4, -0.2) is 88.0 Å². The molecule has 154 valence electrons. The van der Waals surface area contributed by atoms with Crippen molar-refractivity contribution in [2.45, 2.75) is 76.4 Å². The quantitative estimate of drug-likeness (QED) is 0.425. The second-order valence-corrected chi connectivity index (χ2v) is 7.58. The summed E-state index contributed by atoms with van der Waals surface area (Å²) < 4.78 is 5.50. The van der Waals surface area contributed by atoms with Crippen LogP contribution in [0.3, 0.4) is 0 Å². The van der Waals surface area contributed by atoms with E-state index in [2.05, 4.69) is 0 Å². The van der Waals surface area contributed by atoms with E-state index in [1.165, 1.54) is 4.90 Å². The highest BCUT2D eigenvalue weighted by Crippen LogP contribution is 2.16. The van der Waals surface area contributed by atoms with Crippen molar-refractivity contribution in [3.8, 4) is 0 Å². The van der Waals surface area contributed by atoms with Crippen LogP contribution < -0.4 is 5.73 Å². The molecular weight excluding hydrogens is 340 g/mol. The number of β-amino-alcohol motifs (C(OH)–C–C–N with tert-alkyl or cyclic N) is 1. The Morgan fingerprint density at radius 2 is 1.88 bits per heavy atom. The number of carbonyl (C=O) groups excluding carboxylic acids is 1. The molecule has 0 aromatic carbocycles. The monoisotopic (exact) mass is 376 g/mol. The summed E-state index contributed by atoms with van der Waals surface area (Å²) in [4.78, 5) is 14.2. The first-order chi connectivity index (χ1) is 12.3. The van der Waals surface area contributed by atoms with Gasteiger partial charge in [0, 0.05) is 19.7 Å². The molecule has 1 aliphatic rings. The summed E-state index contributed by atoms with van der Waals surface area (Å²) in [6, 6.07) is -0.651. The third-order valence-corrected chi connectivity index (χ3v) is 4.69. The Balaban J connectivity index is 2.87. The predicted octanol–water partition coefficient (Wildman–Crippen LogP) is -0.777. The zero-order valence-corrected chi connectivity index (χ0v) is 16.0.